The van der Waals surface area contributed by atoms with Gasteiger partial charge in [0, 0.05) is 5.92 Å². The van der Waals surface area contributed by atoms with Crippen LogP contribution in [0.4, 0.5) is 0 Å². The van der Waals surface area contributed by atoms with Crippen molar-refractivity contribution in [1.82, 2.24) is 0 Å². The van der Waals surface area contributed by atoms with Crippen LogP contribution in [-0.2, 0) is 9.53 Å². The molecule has 0 heterocycles. The lowest BCUT2D eigenvalue weighted by molar-refractivity contribution is -0.144. The molecule has 150 valence electrons. The van der Waals surface area contributed by atoms with Crippen molar-refractivity contribution in [2.24, 2.45) is 5.92 Å². The minimum atomic E-state index is -0.140. The summed E-state index contributed by atoms with van der Waals surface area (Å²) in [7, 11) is 1.66. The van der Waals surface area contributed by atoms with Gasteiger partial charge in [0.2, 0.25) is 0 Å². The summed E-state index contributed by atoms with van der Waals surface area (Å²) in [4.78, 5) is 12.5. The standard InChI is InChI=1S/C25H32O3/c1-5-6-10-17-28-25(26)18-24(22-11-8-7-9-12-22)20(3)19(2)21-13-15-23(27-4)16-14-21/h7-9,11-16,20,24H,2,5-6,10,17-18H2,1,3-4H3. The fourth-order valence-corrected chi connectivity index (χ4v) is 3.37. The number of rotatable bonds is 11. The van der Waals surface area contributed by atoms with E-state index in [1.165, 1.54) is 0 Å². The summed E-state index contributed by atoms with van der Waals surface area (Å²) in [6.07, 6.45) is 3.47. The van der Waals surface area contributed by atoms with Crippen LogP contribution in [0.2, 0.25) is 0 Å². The molecule has 0 saturated carbocycles. The van der Waals surface area contributed by atoms with Gasteiger partial charge < -0.3 is 9.47 Å². The van der Waals surface area contributed by atoms with Crippen LogP contribution in [0.1, 0.15) is 56.6 Å². The lowest BCUT2D eigenvalue weighted by atomic mass is 9.79. The average Bonchev–Trinajstić information content (AvgIpc) is 2.74. The van der Waals surface area contributed by atoms with Crippen molar-refractivity contribution in [3.8, 4) is 5.75 Å². The van der Waals surface area contributed by atoms with E-state index in [4.69, 9.17) is 9.47 Å². The number of hydrogen-bond acceptors (Lipinski definition) is 3. The highest BCUT2D eigenvalue weighted by atomic mass is 16.5. The molecule has 0 bridgehead atoms. The molecule has 2 unspecified atom stereocenters. The largest absolute Gasteiger partial charge is 0.497 e. The highest BCUT2D eigenvalue weighted by molar-refractivity contribution is 5.73. The van der Waals surface area contributed by atoms with Gasteiger partial charge in [-0.1, -0.05) is 75.7 Å². The number of carbonyl (C=O) groups is 1. The third-order valence-corrected chi connectivity index (χ3v) is 5.24. The van der Waals surface area contributed by atoms with E-state index in [0.29, 0.717) is 13.0 Å². The lowest BCUT2D eigenvalue weighted by Crippen LogP contribution is -2.18. The minimum Gasteiger partial charge on any atom is -0.497 e. The second-order valence-electron chi connectivity index (χ2n) is 7.19. The number of methoxy groups -OCH3 is 1. The van der Waals surface area contributed by atoms with Crippen LogP contribution in [-0.4, -0.2) is 19.7 Å². The van der Waals surface area contributed by atoms with Crippen molar-refractivity contribution >= 4 is 11.5 Å². The number of unbranched alkanes of at least 4 members (excludes halogenated alkanes) is 2. The number of benzene rings is 2. The van der Waals surface area contributed by atoms with Crippen LogP contribution < -0.4 is 4.74 Å². The molecule has 0 N–H and O–H groups in total. The highest BCUT2D eigenvalue weighted by Gasteiger charge is 2.25. The Morgan fingerprint density at radius 3 is 2.32 bits per heavy atom. The summed E-state index contributed by atoms with van der Waals surface area (Å²) >= 11 is 0. The van der Waals surface area contributed by atoms with Crippen molar-refractivity contribution in [2.45, 2.75) is 45.4 Å². The fraction of sp³-hybridized carbons (Fsp3) is 0.400. The van der Waals surface area contributed by atoms with Gasteiger partial charge in [0.15, 0.2) is 0 Å². The molecule has 0 aromatic heterocycles. The van der Waals surface area contributed by atoms with Crippen molar-refractivity contribution in [1.29, 1.82) is 0 Å². The molecule has 2 aromatic rings. The van der Waals surface area contributed by atoms with Gasteiger partial charge in [-0.05, 0) is 41.2 Å². The van der Waals surface area contributed by atoms with E-state index >= 15 is 0 Å². The number of ether oxygens (including phenoxy) is 2. The first-order valence-electron chi connectivity index (χ1n) is 10.1. The van der Waals surface area contributed by atoms with Crippen molar-refractivity contribution in [2.75, 3.05) is 13.7 Å². The van der Waals surface area contributed by atoms with Gasteiger partial charge in [0.1, 0.15) is 5.75 Å². The van der Waals surface area contributed by atoms with Crippen LogP contribution in [0, 0.1) is 5.92 Å². The maximum atomic E-state index is 12.5. The Bertz CT molecular complexity index is 734. The molecule has 0 radical (unpaired) electrons. The molecule has 0 aliphatic carbocycles. The van der Waals surface area contributed by atoms with E-state index in [1.54, 1.807) is 7.11 Å². The molecule has 28 heavy (non-hydrogen) atoms. The molecule has 0 fully saturated rings. The summed E-state index contributed by atoms with van der Waals surface area (Å²) in [5, 5.41) is 0. The van der Waals surface area contributed by atoms with Gasteiger partial charge in [0.25, 0.3) is 0 Å². The Morgan fingerprint density at radius 2 is 1.71 bits per heavy atom. The molecular weight excluding hydrogens is 348 g/mol. The molecule has 2 rings (SSSR count). The van der Waals surface area contributed by atoms with Crippen LogP contribution in [0.3, 0.4) is 0 Å². The minimum absolute atomic E-state index is 0.0227. The predicted molar refractivity (Wildman–Crippen MR) is 115 cm³/mol. The van der Waals surface area contributed by atoms with Gasteiger partial charge in [-0.2, -0.15) is 0 Å². The third kappa shape index (κ3) is 6.26. The van der Waals surface area contributed by atoms with Crippen LogP contribution in [0.5, 0.6) is 5.75 Å². The summed E-state index contributed by atoms with van der Waals surface area (Å²) in [6.45, 7) is 9.10. The number of hydrogen-bond donors (Lipinski definition) is 0. The Balaban J connectivity index is 2.13. The van der Waals surface area contributed by atoms with Crippen LogP contribution in [0.25, 0.3) is 5.57 Å². The zero-order valence-electron chi connectivity index (χ0n) is 17.3. The Labute approximate surface area is 169 Å². The fourth-order valence-electron chi connectivity index (χ4n) is 3.37. The van der Waals surface area contributed by atoms with Crippen LogP contribution >= 0.6 is 0 Å². The van der Waals surface area contributed by atoms with E-state index in [-0.39, 0.29) is 17.8 Å². The molecule has 0 aliphatic heterocycles. The molecule has 0 aliphatic rings. The van der Waals surface area contributed by atoms with Gasteiger partial charge in [-0.25, -0.2) is 0 Å². The summed E-state index contributed by atoms with van der Waals surface area (Å²) in [6, 6.07) is 18.1. The Kier molecular flexibility index (Phi) is 8.80. The maximum Gasteiger partial charge on any atom is 0.306 e. The first kappa shape index (κ1) is 21.7. The predicted octanol–water partition coefficient (Wildman–Crippen LogP) is 6.25. The Hall–Kier alpha value is -2.55. The number of allylic oxidation sites excluding steroid dienone is 1. The smallest absolute Gasteiger partial charge is 0.306 e. The SMILES string of the molecule is C=C(c1ccc(OC)cc1)C(C)C(CC(=O)OCCCCC)c1ccccc1. The number of carbonyl (C=O) groups excluding carboxylic acids is 1. The molecule has 0 spiro atoms. The second-order valence-corrected chi connectivity index (χ2v) is 7.19. The quantitative estimate of drug-likeness (QED) is 0.341. The van der Waals surface area contributed by atoms with E-state index in [1.807, 2.05) is 42.5 Å². The first-order chi connectivity index (χ1) is 13.6. The molecule has 2 aromatic carbocycles. The zero-order chi connectivity index (χ0) is 20.4. The van der Waals surface area contributed by atoms with Gasteiger partial charge in [0.05, 0.1) is 20.1 Å². The van der Waals surface area contributed by atoms with Gasteiger partial charge in [-0.3, -0.25) is 4.79 Å². The topological polar surface area (TPSA) is 35.5 Å². The van der Waals surface area contributed by atoms with E-state index in [9.17, 15) is 4.79 Å². The van der Waals surface area contributed by atoms with Crippen molar-refractivity contribution in [3.05, 3.63) is 72.3 Å². The van der Waals surface area contributed by atoms with E-state index in [2.05, 4.69) is 32.6 Å². The van der Waals surface area contributed by atoms with E-state index < -0.39 is 0 Å². The second kappa shape index (κ2) is 11.3. The zero-order valence-corrected chi connectivity index (χ0v) is 17.3. The number of esters is 1. The molecule has 0 amide bonds. The van der Waals surface area contributed by atoms with Crippen molar-refractivity contribution < 1.29 is 14.3 Å². The highest BCUT2D eigenvalue weighted by Crippen LogP contribution is 2.37. The molecule has 0 saturated heterocycles. The van der Waals surface area contributed by atoms with Crippen molar-refractivity contribution in [3.63, 3.8) is 0 Å². The maximum absolute atomic E-state index is 12.5. The normalized spacial score (nSPS) is 12.8. The van der Waals surface area contributed by atoms with Gasteiger partial charge in [-0.15, -0.1) is 0 Å². The Morgan fingerprint density at radius 1 is 1.04 bits per heavy atom. The molecule has 3 heteroatoms. The van der Waals surface area contributed by atoms with Crippen LogP contribution in [0.15, 0.2) is 61.2 Å². The lowest BCUT2D eigenvalue weighted by Gasteiger charge is -2.26. The van der Waals surface area contributed by atoms with Gasteiger partial charge >= 0.3 is 5.97 Å². The summed E-state index contributed by atoms with van der Waals surface area (Å²) in [5.41, 5.74) is 3.20. The molecule has 2 atom stereocenters. The molecule has 3 nitrogen and oxygen atoms in total. The average molecular weight is 381 g/mol. The third-order valence-electron chi connectivity index (χ3n) is 5.24. The van der Waals surface area contributed by atoms with E-state index in [0.717, 1.165) is 41.7 Å². The first-order valence-corrected chi connectivity index (χ1v) is 10.1. The summed E-state index contributed by atoms with van der Waals surface area (Å²) < 4.78 is 10.7. The molecular formula is C25H32O3. The summed E-state index contributed by atoms with van der Waals surface area (Å²) in [5.74, 6) is 0.798. The monoisotopic (exact) mass is 380 g/mol.